The summed E-state index contributed by atoms with van der Waals surface area (Å²) in [5.41, 5.74) is 4.82. The highest BCUT2D eigenvalue weighted by Crippen LogP contribution is 2.27. The molecule has 0 saturated carbocycles. The van der Waals surface area contributed by atoms with Crippen molar-refractivity contribution in [2.24, 2.45) is 5.73 Å². The molecule has 5 nitrogen and oxygen atoms in total. The SMILES string of the molecule is NCc1cc(OC(F)(F)F)ccc1[N+](=O)[O-]. The highest BCUT2D eigenvalue weighted by Gasteiger charge is 2.31. The predicted molar refractivity (Wildman–Crippen MR) is 47.7 cm³/mol. The van der Waals surface area contributed by atoms with Crippen LogP contribution in [-0.2, 0) is 6.54 Å². The molecule has 0 amide bonds. The van der Waals surface area contributed by atoms with Crippen LogP contribution in [0.15, 0.2) is 18.2 Å². The minimum absolute atomic E-state index is 0.0215. The summed E-state index contributed by atoms with van der Waals surface area (Å²) in [4.78, 5) is 9.74. The van der Waals surface area contributed by atoms with Gasteiger partial charge in [0, 0.05) is 18.2 Å². The van der Waals surface area contributed by atoms with E-state index in [9.17, 15) is 23.3 Å². The lowest BCUT2D eigenvalue weighted by Crippen LogP contribution is -2.17. The predicted octanol–water partition coefficient (Wildman–Crippen LogP) is 1.95. The van der Waals surface area contributed by atoms with Crippen LogP contribution in [0.3, 0.4) is 0 Å². The van der Waals surface area contributed by atoms with Gasteiger partial charge in [-0.2, -0.15) is 0 Å². The number of halogens is 3. The van der Waals surface area contributed by atoms with Gasteiger partial charge >= 0.3 is 6.36 Å². The van der Waals surface area contributed by atoms with Gasteiger partial charge < -0.3 is 10.5 Å². The molecule has 0 fully saturated rings. The third-order valence-corrected chi connectivity index (χ3v) is 1.70. The molecular formula is C8H7F3N2O3. The summed E-state index contributed by atoms with van der Waals surface area (Å²) in [6.07, 6.45) is -4.83. The average Bonchev–Trinajstić information content (AvgIpc) is 2.14. The number of nitrogens with zero attached hydrogens (tertiary/aromatic N) is 1. The van der Waals surface area contributed by atoms with Crippen molar-refractivity contribution in [3.63, 3.8) is 0 Å². The van der Waals surface area contributed by atoms with Crippen molar-refractivity contribution in [1.82, 2.24) is 0 Å². The summed E-state index contributed by atoms with van der Waals surface area (Å²) >= 11 is 0. The summed E-state index contributed by atoms with van der Waals surface area (Å²) in [5.74, 6) is -0.529. The molecule has 2 N–H and O–H groups in total. The zero-order valence-electron chi connectivity index (χ0n) is 7.82. The van der Waals surface area contributed by atoms with Crippen LogP contribution in [0.5, 0.6) is 5.75 Å². The van der Waals surface area contributed by atoms with E-state index in [1.54, 1.807) is 0 Å². The molecule has 1 rings (SSSR count). The molecule has 16 heavy (non-hydrogen) atoms. The number of nitro benzene ring substituents is 1. The average molecular weight is 236 g/mol. The van der Waals surface area contributed by atoms with Gasteiger partial charge in [-0.05, 0) is 12.1 Å². The van der Waals surface area contributed by atoms with Crippen LogP contribution < -0.4 is 10.5 Å². The minimum atomic E-state index is -4.83. The number of ether oxygens (including phenoxy) is 1. The van der Waals surface area contributed by atoms with Crippen LogP contribution in [-0.4, -0.2) is 11.3 Å². The van der Waals surface area contributed by atoms with E-state index < -0.39 is 17.0 Å². The second kappa shape index (κ2) is 4.35. The molecule has 0 bridgehead atoms. The largest absolute Gasteiger partial charge is 0.573 e. The topological polar surface area (TPSA) is 78.4 Å². The Hall–Kier alpha value is -1.83. The molecule has 0 aliphatic carbocycles. The van der Waals surface area contributed by atoms with Crippen LogP contribution in [0, 0.1) is 10.1 Å². The maximum absolute atomic E-state index is 11.8. The molecule has 0 heterocycles. The van der Waals surface area contributed by atoms with Crippen molar-refractivity contribution in [2.45, 2.75) is 12.9 Å². The van der Waals surface area contributed by atoms with E-state index in [-0.39, 0.29) is 17.8 Å². The van der Waals surface area contributed by atoms with Gasteiger partial charge in [0.05, 0.1) is 4.92 Å². The van der Waals surface area contributed by atoms with Crippen LogP contribution in [0.2, 0.25) is 0 Å². The monoisotopic (exact) mass is 236 g/mol. The standard InChI is InChI=1S/C8H7F3N2O3/c9-8(10,11)16-6-1-2-7(13(14)15)5(3-6)4-12/h1-3H,4,12H2. The van der Waals surface area contributed by atoms with E-state index in [2.05, 4.69) is 4.74 Å². The minimum Gasteiger partial charge on any atom is -0.406 e. The molecule has 8 heteroatoms. The maximum atomic E-state index is 11.8. The summed E-state index contributed by atoms with van der Waals surface area (Å²) in [5, 5.41) is 10.5. The smallest absolute Gasteiger partial charge is 0.406 e. The summed E-state index contributed by atoms with van der Waals surface area (Å²) in [6, 6.07) is 2.68. The van der Waals surface area contributed by atoms with E-state index >= 15 is 0 Å². The van der Waals surface area contributed by atoms with Crippen molar-refractivity contribution in [1.29, 1.82) is 0 Å². The molecule has 0 atom stereocenters. The Labute approximate surface area is 87.8 Å². The highest BCUT2D eigenvalue weighted by atomic mass is 19.4. The van der Waals surface area contributed by atoms with Crippen LogP contribution >= 0.6 is 0 Å². The van der Waals surface area contributed by atoms with Crippen molar-refractivity contribution < 1.29 is 22.8 Å². The van der Waals surface area contributed by atoms with E-state index in [1.165, 1.54) is 0 Å². The van der Waals surface area contributed by atoms with Gasteiger partial charge in [-0.1, -0.05) is 0 Å². The second-order valence-corrected chi connectivity index (χ2v) is 2.80. The van der Waals surface area contributed by atoms with Crippen LogP contribution in [0.1, 0.15) is 5.56 Å². The van der Waals surface area contributed by atoms with Gasteiger partial charge in [-0.3, -0.25) is 10.1 Å². The zero-order chi connectivity index (χ0) is 12.3. The molecule has 0 aliphatic rings. The Kier molecular flexibility index (Phi) is 3.33. The fraction of sp³-hybridized carbons (Fsp3) is 0.250. The highest BCUT2D eigenvalue weighted by molar-refractivity contribution is 5.45. The number of alkyl halides is 3. The van der Waals surface area contributed by atoms with Crippen molar-refractivity contribution >= 4 is 5.69 Å². The molecular weight excluding hydrogens is 229 g/mol. The number of benzene rings is 1. The van der Waals surface area contributed by atoms with E-state index in [0.29, 0.717) is 0 Å². The maximum Gasteiger partial charge on any atom is 0.573 e. The first-order valence-electron chi connectivity index (χ1n) is 4.06. The van der Waals surface area contributed by atoms with Crippen LogP contribution in [0.4, 0.5) is 18.9 Å². The van der Waals surface area contributed by atoms with Gasteiger partial charge in [0.2, 0.25) is 0 Å². The number of nitrogens with two attached hydrogens (primary N) is 1. The zero-order valence-corrected chi connectivity index (χ0v) is 7.82. The van der Waals surface area contributed by atoms with Crippen molar-refractivity contribution in [2.75, 3.05) is 0 Å². The number of hydrogen-bond donors (Lipinski definition) is 1. The quantitative estimate of drug-likeness (QED) is 0.642. The molecule has 1 aromatic carbocycles. The lowest BCUT2D eigenvalue weighted by Gasteiger charge is -2.09. The van der Waals surface area contributed by atoms with E-state index in [1.807, 2.05) is 0 Å². The third kappa shape index (κ3) is 3.09. The lowest BCUT2D eigenvalue weighted by molar-refractivity contribution is -0.385. The van der Waals surface area contributed by atoms with Gasteiger partial charge in [-0.15, -0.1) is 13.2 Å². The molecule has 88 valence electrons. The molecule has 0 radical (unpaired) electrons. The first kappa shape index (κ1) is 12.2. The van der Waals surface area contributed by atoms with Gasteiger partial charge in [0.1, 0.15) is 5.75 Å². The summed E-state index contributed by atoms with van der Waals surface area (Å²) in [7, 11) is 0. The molecule has 0 spiro atoms. The van der Waals surface area contributed by atoms with Gasteiger partial charge in [0.15, 0.2) is 0 Å². The number of hydrogen-bond acceptors (Lipinski definition) is 4. The van der Waals surface area contributed by atoms with E-state index in [4.69, 9.17) is 5.73 Å². The Morgan fingerprint density at radius 3 is 2.50 bits per heavy atom. The Balaban J connectivity index is 3.05. The molecule has 0 aliphatic heterocycles. The Morgan fingerprint density at radius 2 is 2.06 bits per heavy atom. The lowest BCUT2D eigenvalue weighted by atomic mass is 10.2. The summed E-state index contributed by atoms with van der Waals surface area (Å²) < 4.78 is 39.1. The van der Waals surface area contributed by atoms with Crippen molar-refractivity contribution in [3.05, 3.63) is 33.9 Å². The molecule has 1 aromatic rings. The van der Waals surface area contributed by atoms with Gasteiger partial charge in [0.25, 0.3) is 5.69 Å². The molecule has 0 saturated heterocycles. The fourth-order valence-corrected chi connectivity index (χ4v) is 1.10. The summed E-state index contributed by atoms with van der Waals surface area (Å²) in [6.45, 7) is -0.245. The first-order chi connectivity index (χ1) is 7.33. The Morgan fingerprint density at radius 1 is 1.44 bits per heavy atom. The normalized spacial score (nSPS) is 11.2. The third-order valence-electron chi connectivity index (χ3n) is 1.70. The molecule has 0 aromatic heterocycles. The first-order valence-corrected chi connectivity index (χ1v) is 4.06. The van der Waals surface area contributed by atoms with Crippen molar-refractivity contribution in [3.8, 4) is 5.75 Å². The number of nitro groups is 1. The van der Waals surface area contributed by atoms with Gasteiger partial charge in [-0.25, -0.2) is 0 Å². The second-order valence-electron chi connectivity index (χ2n) is 2.80. The fourth-order valence-electron chi connectivity index (χ4n) is 1.10. The number of rotatable bonds is 3. The Bertz CT molecular complexity index is 406. The van der Waals surface area contributed by atoms with Crippen LogP contribution in [0.25, 0.3) is 0 Å². The molecule has 0 unspecified atom stereocenters. The van der Waals surface area contributed by atoms with E-state index in [0.717, 1.165) is 18.2 Å².